The Kier molecular flexibility index (Phi) is 3.59. The second-order valence-corrected chi connectivity index (χ2v) is 7.51. The number of benzene rings is 1. The lowest BCUT2D eigenvalue weighted by molar-refractivity contribution is -0.137. The van der Waals surface area contributed by atoms with Crippen LogP contribution in [0.15, 0.2) is 30.3 Å². The Morgan fingerprint density at radius 1 is 1.33 bits per heavy atom. The maximum absolute atomic E-state index is 12.3. The minimum atomic E-state index is -0.263. The van der Waals surface area contributed by atoms with E-state index in [2.05, 4.69) is 44.2 Å². The number of carbonyl (C=O) groups is 1. The average Bonchev–Trinajstić information content (AvgIpc) is 2.52. The third-order valence-corrected chi connectivity index (χ3v) is 6.45. The molecule has 2 fully saturated rings. The molecule has 2 heteroatoms. The highest BCUT2D eigenvalue weighted by Crippen LogP contribution is 2.58. The maximum atomic E-state index is 12.3. The molecule has 2 nitrogen and oxygen atoms in total. The molecule has 2 bridgehead atoms. The summed E-state index contributed by atoms with van der Waals surface area (Å²) in [7, 11) is 0. The van der Waals surface area contributed by atoms with E-state index in [9.17, 15) is 4.79 Å². The van der Waals surface area contributed by atoms with Gasteiger partial charge in [0.25, 0.3) is 0 Å². The van der Waals surface area contributed by atoms with E-state index in [0.717, 1.165) is 32.1 Å². The first kappa shape index (κ1) is 14.6. The van der Waals surface area contributed by atoms with Crippen molar-refractivity contribution >= 4 is 5.91 Å². The van der Waals surface area contributed by atoms with E-state index in [1.165, 1.54) is 12.0 Å². The van der Waals surface area contributed by atoms with E-state index in [1.807, 2.05) is 0 Å². The van der Waals surface area contributed by atoms with E-state index >= 15 is 0 Å². The largest absolute Gasteiger partial charge is 0.369 e. The van der Waals surface area contributed by atoms with Crippen molar-refractivity contribution in [1.82, 2.24) is 0 Å². The first-order valence-corrected chi connectivity index (χ1v) is 8.37. The Morgan fingerprint density at radius 3 is 2.67 bits per heavy atom. The van der Waals surface area contributed by atoms with Gasteiger partial charge in [-0.3, -0.25) is 4.79 Å². The van der Waals surface area contributed by atoms with E-state index in [1.54, 1.807) is 0 Å². The smallest absolute Gasteiger partial charge is 0.223 e. The summed E-state index contributed by atoms with van der Waals surface area (Å²) in [5.74, 6) is 1.29. The third kappa shape index (κ3) is 2.29. The molecule has 1 aromatic rings. The van der Waals surface area contributed by atoms with Gasteiger partial charge in [-0.15, -0.1) is 0 Å². The molecule has 116 valence electrons. The summed E-state index contributed by atoms with van der Waals surface area (Å²) in [6, 6.07) is 10.8. The maximum Gasteiger partial charge on any atom is 0.223 e. The van der Waals surface area contributed by atoms with Crippen molar-refractivity contribution in [3.8, 4) is 0 Å². The molecule has 1 amide bonds. The van der Waals surface area contributed by atoms with Crippen LogP contribution in [0.5, 0.6) is 0 Å². The molecule has 2 N–H and O–H groups in total. The van der Waals surface area contributed by atoms with Crippen molar-refractivity contribution in [2.24, 2.45) is 23.0 Å². The number of hydrogen-bond acceptors (Lipinski definition) is 1. The third-order valence-electron chi connectivity index (χ3n) is 6.45. The highest BCUT2D eigenvalue weighted by atomic mass is 16.1. The summed E-state index contributed by atoms with van der Waals surface area (Å²) in [6.07, 6.45) is 6.40. The lowest BCUT2D eigenvalue weighted by Crippen LogP contribution is -2.53. The molecule has 1 aromatic carbocycles. The summed E-state index contributed by atoms with van der Waals surface area (Å²) in [4.78, 5) is 12.3. The average molecular weight is 287 g/mol. The van der Waals surface area contributed by atoms with Crippen LogP contribution < -0.4 is 5.73 Å². The number of nitrogens with two attached hydrogens (primary N) is 1. The SMILES string of the molecule is CCC1(c2ccccc2)CC2CC(C(N)=O)(CCC2C)C1.[HH]. The van der Waals surface area contributed by atoms with Gasteiger partial charge in [-0.05, 0) is 61.3 Å². The fraction of sp³-hybridized carbons (Fsp3) is 0.632. The van der Waals surface area contributed by atoms with Crippen molar-refractivity contribution in [3.63, 3.8) is 0 Å². The van der Waals surface area contributed by atoms with Crippen molar-refractivity contribution in [2.45, 2.75) is 57.8 Å². The molecule has 2 aliphatic rings. The molecule has 21 heavy (non-hydrogen) atoms. The van der Waals surface area contributed by atoms with E-state index in [-0.39, 0.29) is 18.2 Å². The van der Waals surface area contributed by atoms with Crippen LogP contribution in [0.4, 0.5) is 0 Å². The first-order valence-electron chi connectivity index (χ1n) is 8.37. The fourth-order valence-electron chi connectivity index (χ4n) is 5.00. The van der Waals surface area contributed by atoms with Crippen LogP contribution in [0.2, 0.25) is 0 Å². The minimum absolute atomic E-state index is 0. The highest BCUT2D eigenvalue weighted by Gasteiger charge is 2.54. The van der Waals surface area contributed by atoms with Crippen LogP contribution >= 0.6 is 0 Å². The Hall–Kier alpha value is -1.31. The summed E-state index contributed by atoms with van der Waals surface area (Å²) < 4.78 is 0. The molecular formula is C19H29NO. The number of rotatable bonds is 3. The van der Waals surface area contributed by atoms with Crippen LogP contribution in [0, 0.1) is 17.3 Å². The van der Waals surface area contributed by atoms with Gasteiger partial charge in [0.15, 0.2) is 0 Å². The zero-order chi connectivity index (χ0) is 15.1. The van der Waals surface area contributed by atoms with Crippen LogP contribution in [0.3, 0.4) is 0 Å². The molecule has 4 atom stereocenters. The van der Waals surface area contributed by atoms with Gasteiger partial charge in [-0.25, -0.2) is 0 Å². The van der Waals surface area contributed by atoms with Crippen molar-refractivity contribution < 1.29 is 6.22 Å². The molecule has 0 spiro atoms. The summed E-state index contributed by atoms with van der Waals surface area (Å²) in [5, 5.41) is 0. The number of hydrogen-bond donors (Lipinski definition) is 1. The summed E-state index contributed by atoms with van der Waals surface area (Å²) in [5.41, 5.74) is 7.14. The molecule has 0 radical (unpaired) electrons. The van der Waals surface area contributed by atoms with Crippen LogP contribution in [0.1, 0.15) is 59.4 Å². The van der Waals surface area contributed by atoms with Gasteiger partial charge in [0.05, 0.1) is 5.41 Å². The minimum Gasteiger partial charge on any atom is -0.369 e. The first-order chi connectivity index (χ1) is 10.0. The number of primary amides is 1. The van der Waals surface area contributed by atoms with Gasteiger partial charge in [0, 0.05) is 1.43 Å². The second-order valence-electron chi connectivity index (χ2n) is 7.51. The van der Waals surface area contributed by atoms with Crippen molar-refractivity contribution in [1.29, 1.82) is 0 Å². The fourth-order valence-corrected chi connectivity index (χ4v) is 5.00. The molecule has 0 heterocycles. The molecule has 0 aliphatic heterocycles. The Labute approximate surface area is 129 Å². The quantitative estimate of drug-likeness (QED) is 0.885. The van der Waals surface area contributed by atoms with Gasteiger partial charge >= 0.3 is 0 Å². The topological polar surface area (TPSA) is 43.1 Å². The Balaban J connectivity index is 0.00000176. The number of fused-ring (bicyclic) bond motifs is 2. The van der Waals surface area contributed by atoms with Crippen molar-refractivity contribution in [2.75, 3.05) is 0 Å². The zero-order valence-corrected chi connectivity index (χ0v) is 13.3. The molecular weight excluding hydrogens is 258 g/mol. The van der Waals surface area contributed by atoms with Gasteiger partial charge < -0.3 is 5.73 Å². The Bertz CT molecular complexity index is 531. The predicted molar refractivity (Wildman–Crippen MR) is 87.9 cm³/mol. The van der Waals surface area contributed by atoms with E-state index in [0.29, 0.717) is 11.8 Å². The molecule has 0 aromatic heterocycles. The van der Waals surface area contributed by atoms with Gasteiger partial charge in [-0.1, -0.05) is 44.2 Å². The second kappa shape index (κ2) is 5.15. The number of carbonyl (C=O) groups excluding carboxylic acids is 1. The molecule has 2 aliphatic carbocycles. The Morgan fingerprint density at radius 2 is 2.05 bits per heavy atom. The molecule has 4 unspecified atom stereocenters. The lowest BCUT2D eigenvalue weighted by atomic mass is 9.49. The van der Waals surface area contributed by atoms with Crippen LogP contribution in [-0.2, 0) is 10.2 Å². The number of amides is 1. The molecule has 3 rings (SSSR count). The van der Waals surface area contributed by atoms with E-state index in [4.69, 9.17) is 5.73 Å². The standard InChI is InChI=1S/C19H27NO.H2/c1-3-18(16-7-5-4-6-8-16)11-15-12-19(13-18,17(20)21)10-9-14(15)2;/h4-8,14-15H,3,9-13H2,1-2H3,(H2,20,21);1H. The summed E-state index contributed by atoms with van der Waals surface area (Å²) >= 11 is 0. The molecule has 0 saturated heterocycles. The lowest BCUT2D eigenvalue weighted by Gasteiger charge is -2.54. The molecule has 2 saturated carbocycles. The van der Waals surface area contributed by atoms with E-state index < -0.39 is 0 Å². The predicted octanol–water partition coefficient (Wildman–Crippen LogP) is 4.28. The zero-order valence-electron chi connectivity index (χ0n) is 13.3. The van der Waals surface area contributed by atoms with Crippen LogP contribution in [-0.4, -0.2) is 5.91 Å². The normalized spacial score (nSPS) is 39.0. The van der Waals surface area contributed by atoms with Gasteiger partial charge in [0.2, 0.25) is 5.91 Å². The summed E-state index contributed by atoms with van der Waals surface area (Å²) in [6.45, 7) is 4.62. The van der Waals surface area contributed by atoms with Gasteiger partial charge in [-0.2, -0.15) is 0 Å². The van der Waals surface area contributed by atoms with Crippen LogP contribution in [0.25, 0.3) is 0 Å². The van der Waals surface area contributed by atoms with Gasteiger partial charge in [0.1, 0.15) is 0 Å². The highest BCUT2D eigenvalue weighted by molar-refractivity contribution is 5.81. The van der Waals surface area contributed by atoms with Crippen molar-refractivity contribution in [3.05, 3.63) is 35.9 Å². The monoisotopic (exact) mass is 287 g/mol.